The smallest absolute Gasteiger partial charge is 0.254 e. The lowest BCUT2D eigenvalue weighted by molar-refractivity contribution is 0.0639. The molecule has 5 heteroatoms. The highest BCUT2D eigenvalue weighted by molar-refractivity contribution is 5.94. The lowest BCUT2D eigenvalue weighted by atomic mass is 10.0. The maximum Gasteiger partial charge on any atom is 0.254 e. The second-order valence-corrected chi connectivity index (χ2v) is 4.54. The van der Waals surface area contributed by atoms with E-state index in [-0.39, 0.29) is 12.1 Å². The van der Waals surface area contributed by atoms with Gasteiger partial charge >= 0.3 is 0 Å². The number of nitrogens with zero attached hydrogens (tertiary/aromatic N) is 1. The van der Waals surface area contributed by atoms with Crippen LogP contribution in [0, 0.1) is 11.6 Å². The van der Waals surface area contributed by atoms with Gasteiger partial charge in [0.1, 0.15) is 11.6 Å². The Hall–Kier alpha value is -1.49. The largest absolute Gasteiger partial charge is 0.335 e. The summed E-state index contributed by atoms with van der Waals surface area (Å²) in [6.45, 7) is 3.81. The van der Waals surface area contributed by atoms with E-state index in [0.717, 1.165) is 18.2 Å². The maximum absolute atomic E-state index is 13.0. The van der Waals surface area contributed by atoms with Gasteiger partial charge in [0.15, 0.2) is 0 Å². The topological polar surface area (TPSA) is 46.3 Å². The van der Waals surface area contributed by atoms with Gasteiger partial charge < -0.3 is 10.6 Å². The molecular formula is C12H16F2N2O. The maximum atomic E-state index is 13.0. The molecule has 0 saturated carbocycles. The van der Waals surface area contributed by atoms with Crippen molar-refractivity contribution in [3.05, 3.63) is 35.4 Å². The fourth-order valence-corrected chi connectivity index (χ4v) is 1.28. The SMILES string of the molecule is CN(C(=O)c1cc(F)cc(F)c1)C(C)(C)CN. The molecule has 3 nitrogen and oxygen atoms in total. The van der Waals surface area contributed by atoms with Crippen molar-refractivity contribution in [2.75, 3.05) is 13.6 Å². The van der Waals surface area contributed by atoms with Crippen molar-refractivity contribution < 1.29 is 13.6 Å². The molecule has 1 aromatic carbocycles. The van der Waals surface area contributed by atoms with Gasteiger partial charge in [-0.3, -0.25) is 4.79 Å². The molecule has 0 unspecified atom stereocenters. The number of benzene rings is 1. The van der Waals surface area contributed by atoms with Crippen molar-refractivity contribution in [3.8, 4) is 0 Å². The van der Waals surface area contributed by atoms with Crippen molar-refractivity contribution >= 4 is 5.91 Å². The van der Waals surface area contributed by atoms with Gasteiger partial charge in [-0.05, 0) is 26.0 Å². The number of nitrogens with two attached hydrogens (primary N) is 1. The van der Waals surface area contributed by atoms with Crippen LogP contribution in [0.1, 0.15) is 24.2 Å². The molecular weight excluding hydrogens is 226 g/mol. The fourth-order valence-electron chi connectivity index (χ4n) is 1.28. The van der Waals surface area contributed by atoms with Crippen LogP contribution >= 0.6 is 0 Å². The Labute approximate surface area is 99.2 Å². The molecule has 0 spiro atoms. The van der Waals surface area contributed by atoms with Crippen LogP contribution in [0.5, 0.6) is 0 Å². The normalized spacial score (nSPS) is 11.4. The molecule has 94 valence electrons. The number of hydrogen-bond acceptors (Lipinski definition) is 2. The van der Waals surface area contributed by atoms with Crippen molar-refractivity contribution in [3.63, 3.8) is 0 Å². The zero-order valence-corrected chi connectivity index (χ0v) is 10.1. The summed E-state index contributed by atoms with van der Waals surface area (Å²) in [7, 11) is 1.55. The molecule has 0 fully saturated rings. The van der Waals surface area contributed by atoms with E-state index >= 15 is 0 Å². The monoisotopic (exact) mass is 242 g/mol. The first-order valence-corrected chi connectivity index (χ1v) is 5.22. The number of hydrogen-bond donors (Lipinski definition) is 1. The number of amides is 1. The summed E-state index contributed by atoms with van der Waals surface area (Å²) < 4.78 is 26.0. The molecule has 0 atom stereocenters. The van der Waals surface area contributed by atoms with Gasteiger partial charge in [0.2, 0.25) is 0 Å². The predicted octanol–water partition coefficient (Wildman–Crippen LogP) is 1.77. The van der Waals surface area contributed by atoms with E-state index in [1.54, 1.807) is 20.9 Å². The highest BCUT2D eigenvalue weighted by Gasteiger charge is 2.27. The third kappa shape index (κ3) is 3.00. The average molecular weight is 242 g/mol. The third-order valence-corrected chi connectivity index (χ3v) is 2.82. The molecule has 17 heavy (non-hydrogen) atoms. The van der Waals surface area contributed by atoms with Crippen LogP contribution in [0.15, 0.2) is 18.2 Å². The van der Waals surface area contributed by atoms with Crippen LogP contribution in [0.4, 0.5) is 8.78 Å². The minimum Gasteiger partial charge on any atom is -0.335 e. The Morgan fingerprint density at radius 2 is 1.76 bits per heavy atom. The summed E-state index contributed by atoms with van der Waals surface area (Å²) in [5.41, 5.74) is 4.95. The van der Waals surface area contributed by atoms with Crippen LogP contribution in [0.3, 0.4) is 0 Å². The van der Waals surface area contributed by atoms with Gasteiger partial charge in [0.05, 0.1) is 0 Å². The minimum absolute atomic E-state index is 0.0217. The Kier molecular flexibility index (Phi) is 3.83. The van der Waals surface area contributed by atoms with Gasteiger partial charge in [-0.15, -0.1) is 0 Å². The molecule has 2 N–H and O–H groups in total. The second-order valence-electron chi connectivity index (χ2n) is 4.54. The summed E-state index contributed by atoms with van der Waals surface area (Å²) in [6.07, 6.45) is 0. The molecule has 0 aromatic heterocycles. The quantitative estimate of drug-likeness (QED) is 0.878. The molecule has 0 aliphatic rings. The molecule has 1 aromatic rings. The Morgan fingerprint density at radius 1 is 1.29 bits per heavy atom. The van der Waals surface area contributed by atoms with Crippen LogP contribution in [0.25, 0.3) is 0 Å². The van der Waals surface area contributed by atoms with Gasteiger partial charge in [0.25, 0.3) is 5.91 Å². The van der Waals surface area contributed by atoms with Crippen LogP contribution in [0.2, 0.25) is 0 Å². The Morgan fingerprint density at radius 3 is 2.18 bits per heavy atom. The third-order valence-electron chi connectivity index (χ3n) is 2.82. The molecule has 0 bridgehead atoms. The van der Waals surface area contributed by atoms with Crippen molar-refractivity contribution in [1.29, 1.82) is 0 Å². The average Bonchev–Trinajstić information content (AvgIpc) is 2.25. The number of halogens is 2. The molecule has 0 aliphatic heterocycles. The van der Waals surface area contributed by atoms with Crippen LogP contribution in [-0.4, -0.2) is 29.9 Å². The molecule has 0 radical (unpaired) electrons. The summed E-state index contributed by atoms with van der Waals surface area (Å²) >= 11 is 0. The second kappa shape index (κ2) is 4.79. The van der Waals surface area contributed by atoms with Gasteiger partial charge in [-0.2, -0.15) is 0 Å². The van der Waals surface area contributed by atoms with Gasteiger partial charge in [-0.25, -0.2) is 8.78 Å². The number of carbonyl (C=O) groups is 1. The summed E-state index contributed by atoms with van der Waals surface area (Å²) in [5, 5.41) is 0. The van der Waals surface area contributed by atoms with E-state index in [0.29, 0.717) is 0 Å². The first kappa shape index (κ1) is 13.6. The fraction of sp³-hybridized carbons (Fsp3) is 0.417. The molecule has 0 heterocycles. The standard InChI is InChI=1S/C12H16F2N2O/c1-12(2,7-15)16(3)11(17)8-4-9(13)6-10(14)5-8/h4-6H,7,15H2,1-3H3. The molecule has 1 rings (SSSR count). The number of likely N-dealkylation sites (N-methyl/N-ethyl adjacent to an activating group) is 1. The lowest BCUT2D eigenvalue weighted by Crippen LogP contribution is -2.50. The van der Waals surface area contributed by atoms with Crippen LogP contribution in [-0.2, 0) is 0 Å². The zero-order chi connectivity index (χ0) is 13.2. The van der Waals surface area contributed by atoms with E-state index in [2.05, 4.69) is 0 Å². The van der Waals surface area contributed by atoms with Crippen LogP contribution < -0.4 is 5.73 Å². The summed E-state index contributed by atoms with van der Waals surface area (Å²) in [4.78, 5) is 13.4. The highest BCUT2D eigenvalue weighted by Crippen LogP contribution is 2.16. The highest BCUT2D eigenvalue weighted by atomic mass is 19.1. The van der Waals surface area contributed by atoms with E-state index in [9.17, 15) is 13.6 Å². The van der Waals surface area contributed by atoms with Gasteiger partial charge in [0, 0.05) is 30.8 Å². The zero-order valence-electron chi connectivity index (χ0n) is 10.1. The Bertz CT molecular complexity index is 412. The molecule has 0 aliphatic carbocycles. The van der Waals surface area contributed by atoms with Crippen molar-refractivity contribution in [2.24, 2.45) is 5.73 Å². The summed E-state index contributed by atoms with van der Waals surface area (Å²) in [6, 6.07) is 2.74. The predicted molar refractivity (Wildman–Crippen MR) is 61.6 cm³/mol. The molecule has 1 amide bonds. The van der Waals surface area contributed by atoms with E-state index in [4.69, 9.17) is 5.73 Å². The van der Waals surface area contributed by atoms with E-state index in [1.165, 1.54) is 4.90 Å². The minimum atomic E-state index is -0.771. The lowest BCUT2D eigenvalue weighted by Gasteiger charge is -2.34. The molecule has 0 saturated heterocycles. The van der Waals surface area contributed by atoms with Crippen molar-refractivity contribution in [2.45, 2.75) is 19.4 Å². The van der Waals surface area contributed by atoms with Gasteiger partial charge in [-0.1, -0.05) is 0 Å². The number of rotatable bonds is 3. The first-order chi connectivity index (χ1) is 7.77. The summed E-state index contributed by atoms with van der Waals surface area (Å²) in [5.74, 6) is -2.00. The van der Waals surface area contributed by atoms with Crippen molar-refractivity contribution in [1.82, 2.24) is 4.90 Å². The van der Waals surface area contributed by atoms with E-state index < -0.39 is 23.1 Å². The number of carbonyl (C=O) groups excluding carboxylic acids is 1. The Balaban J connectivity index is 3.04. The van der Waals surface area contributed by atoms with E-state index in [1.807, 2.05) is 0 Å². The first-order valence-electron chi connectivity index (χ1n) is 5.22.